The number of aryl methyl sites for hydroxylation is 1. The molecule has 0 aliphatic rings. The van der Waals surface area contributed by atoms with E-state index < -0.39 is 23.3 Å². The lowest BCUT2D eigenvalue weighted by Crippen LogP contribution is -2.50. The molecule has 1 rings (SSSR count). The van der Waals surface area contributed by atoms with Gasteiger partial charge in [-0.25, -0.2) is 4.79 Å². The smallest absolute Gasteiger partial charge is 0.432 e. The Kier molecular flexibility index (Phi) is 4.09. The summed E-state index contributed by atoms with van der Waals surface area (Å²) in [5.41, 5.74) is 1.71. The van der Waals surface area contributed by atoms with Crippen molar-refractivity contribution < 1.29 is 27.8 Å². The minimum absolute atomic E-state index is 0.0458. The van der Waals surface area contributed by atoms with Gasteiger partial charge in [0.25, 0.3) is 5.60 Å². The fraction of sp³-hybridized carbons (Fsp3) is 0.417. The number of aliphatic hydroxyl groups is 1. The van der Waals surface area contributed by atoms with Crippen LogP contribution in [0.4, 0.5) is 18.9 Å². The van der Waals surface area contributed by atoms with Crippen LogP contribution in [-0.2, 0) is 15.1 Å². The number of nitrogens with two attached hydrogens (primary N) is 1. The van der Waals surface area contributed by atoms with Crippen LogP contribution >= 0.6 is 0 Å². The lowest BCUT2D eigenvalue weighted by Gasteiger charge is -2.28. The van der Waals surface area contributed by atoms with Gasteiger partial charge in [0.1, 0.15) is 0 Å². The fourth-order valence-corrected chi connectivity index (χ4v) is 1.50. The van der Waals surface area contributed by atoms with Crippen molar-refractivity contribution in [3.63, 3.8) is 0 Å². The van der Waals surface area contributed by atoms with Crippen LogP contribution in [0.2, 0.25) is 0 Å². The largest absolute Gasteiger partial charge is 0.463 e. The summed E-state index contributed by atoms with van der Waals surface area (Å²) < 4.78 is 43.3. The van der Waals surface area contributed by atoms with Gasteiger partial charge in [0.15, 0.2) is 0 Å². The van der Waals surface area contributed by atoms with E-state index in [9.17, 15) is 23.1 Å². The highest BCUT2D eigenvalue weighted by atomic mass is 19.4. The van der Waals surface area contributed by atoms with Gasteiger partial charge in [-0.3, -0.25) is 0 Å². The van der Waals surface area contributed by atoms with Crippen LogP contribution in [0.1, 0.15) is 18.1 Å². The topological polar surface area (TPSA) is 72.5 Å². The van der Waals surface area contributed by atoms with Crippen molar-refractivity contribution in [2.75, 3.05) is 12.3 Å². The van der Waals surface area contributed by atoms with E-state index in [0.717, 1.165) is 12.1 Å². The summed E-state index contributed by atoms with van der Waals surface area (Å²) in [5, 5.41) is 9.78. The Morgan fingerprint density at radius 3 is 2.42 bits per heavy atom. The molecule has 0 heterocycles. The van der Waals surface area contributed by atoms with Gasteiger partial charge in [-0.2, -0.15) is 13.2 Å². The van der Waals surface area contributed by atoms with Gasteiger partial charge in [0.2, 0.25) is 0 Å². The first kappa shape index (κ1) is 15.3. The molecule has 0 aromatic heterocycles. The minimum Gasteiger partial charge on any atom is -0.463 e. The SMILES string of the molecule is CCOC(=O)C(O)(c1ccc(C)c(N)c1)C(F)(F)F. The van der Waals surface area contributed by atoms with Crippen molar-refractivity contribution in [3.05, 3.63) is 29.3 Å². The Morgan fingerprint density at radius 1 is 1.42 bits per heavy atom. The molecule has 1 aromatic rings. The molecule has 1 aromatic carbocycles. The maximum Gasteiger partial charge on any atom is 0.432 e. The van der Waals surface area contributed by atoms with E-state index >= 15 is 0 Å². The lowest BCUT2D eigenvalue weighted by molar-refractivity contribution is -0.267. The molecule has 0 radical (unpaired) electrons. The summed E-state index contributed by atoms with van der Waals surface area (Å²) in [6.45, 7) is 2.66. The Balaban J connectivity index is 3.39. The number of ether oxygens (including phenoxy) is 1. The molecular formula is C12H14F3NO3. The second kappa shape index (κ2) is 5.08. The van der Waals surface area contributed by atoms with Gasteiger partial charge in [0.05, 0.1) is 6.61 Å². The number of benzene rings is 1. The average Bonchev–Trinajstić information content (AvgIpc) is 2.30. The molecule has 106 valence electrons. The molecule has 0 saturated carbocycles. The van der Waals surface area contributed by atoms with Crippen molar-refractivity contribution in [1.29, 1.82) is 0 Å². The number of carbonyl (C=O) groups is 1. The number of hydrogen-bond donors (Lipinski definition) is 2. The Morgan fingerprint density at radius 2 is 2.00 bits per heavy atom. The number of halogens is 3. The highest BCUT2D eigenvalue weighted by molar-refractivity contribution is 5.82. The maximum atomic E-state index is 13.0. The summed E-state index contributed by atoms with van der Waals surface area (Å²) in [4.78, 5) is 11.5. The number of anilines is 1. The zero-order chi connectivity index (χ0) is 14.8. The number of nitrogen functional groups attached to an aromatic ring is 1. The van der Waals surface area contributed by atoms with Crippen molar-refractivity contribution in [2.45, 2.75) is 25.6 Å². The normalized spacial score (nSPS) is 14.8. The zero-order valence-corrected chi connectivity index (χ0v) is 10.4. The standard InChI is InChI=1S/C12H14F3NO3/c1-3-19-10(17)11(18,12(13,14)15)8-5-4-7(2)9(16)6-8/h4-6,18H,3,16H2,1-2H3. The number of alkyl halides is 3. The summed E-state index contributed by atoms with van der Waals surface area (Å²) in [6, 6.07) is 3.20. The molecule has 19 heavy (non-hydrogen) atoms. The molecule has 0 fully saturated rings. The molecule has 1 atom stereocenters. The van der Waals surface area contributed by atoms with Crippen molar-refractivity contribution >= 4 is 11.7 Å². The van der Waals surface area contributed by atoms with E-state index in [0.29, 0.717) is 5.56 Å². The van der Waals surface area contributed by atoms with Crippen LogP contribution in [0, 0.1) is 6.92 Å². The van der Waals surface area contributed by atoms with E-state index in [2.05, 4.69) is 4.74 Å². The first-order valence-electron chi connectivity index (χ1n) is 5.47. The molecule has 0 aliphatic carbocycles. The van der Waals surface area contributed by atoms with Gasteiger partial charge in [-0.1, -0.05) is 12.1 Å². The van der Waals surface area contributed by atoms with Gasteiger partial charge >= 0.3 is 12.1 Å². The van der Waals surface area contributed by atoms with Crippen LogP contribution in [-0.4, -0.2) is 23.9 Å². The molecule has 0 aliphatic heterocycles. The minimum atomic E-state index is -5.21. The van der Waals surface area contributed by atoms with Crippen LogP contribution in [0.15, 0.2) is 18.2 Å². The average molecular weight is 277 g/mol. The molecule has 3 N–H and O–H groups in total. The van der Waals surface area contributed by atoms with Crippen LogP contribution in [0.3, 0.4) is 0 Å². The Hall–Kier alpha value is -1.76. The molecule has 0 amide bonds. The first-order chi connectivity index (χ1) is 8.64. The summed E-state index contributed by atoms with van der Waals surface area (Å²) >= 11 is 0. The summed E-state index contributed by atoms with van der Waals surface area (Å²) in [5.74, 6) is -1.77. The highest BCUT2D eigenvalue weighted by Crippen LogP contribution is 2.40. The van der Waals surface area contributed by atoms with Crippen LogP contribution < -0.4 is 5.73 Å². The predicted molar refractivity (Wildman–Crippen MR) is 62.2 cm³/mol. The molecule has 1 unspecified atom stereocenters. The van der Waals surface area contributed by atoms with E-state index in [4.69, 9.17) is 5.73 Å². The number of hydrogen-bond acceptors (Lipinski definition) is 4. The third-order valence-electron chi connectivity index (χ3n) is 2.68. The van der Waals surface area contributed by atoms with Crippen LogP contribution in [0.25, 0.3) is 0 Å². The van der Waals surface area contributed by atoms with E-state index in [1.54, 1.807) is 6.92 Å². The quantitative estimate of drug-likeness (QED) is 0.653. The molecule has 7 heteroatoms. The van der Waals surface area contributed by atoms with E-state index in [1.807, 2.05) is 0 Å². The molecule has 0 saturated heterocycles. The van der Waals surface area contributed by atoms with E-state index in [-0.39, 0.29) is 12.3 Å². The molecule has 4 nitrogen and oxygen atoms in total. The number of esters is 1. The third-order valence-corrected chi connectivity index (χ3v) is 2.68. The van der Waals surface area contributed by atoms with Gasteiger partial charge in [0, 0.05) is 11.3 Å². The Labute approximate surface area is 108 Å². The van der Waals surface area contributed by atoms with Crippen molar-refractivity contribution in [2.24, 2.45) is 0 Å². The maximum absolute atomic E-state index is 13.0. The second-order valence-electron chi connectivity index (χ2n) is 4.00. The fourth-order valence-electron chi connectivity index (χ4n) is 1.50. The van der Waals surface area contributed by atoms with Crippen molar-refractivity contribution in [1.82, 2.24) is 0 Å². The highest BCUT2D eigenvalue weighted by Gasteiger charge is 2.62. The molecule has 0 bridgehead atoms. The van der Waals surface area contributed by atoms with Crippen molar-refractivity contribution in [3.8, 4) is 0 Å². The summed E-state index contributed by atoms with van der Waals surface area (Å²) in [6.07, 6.45) is -5.21. The van der Waals surface area contributed by atoms with Gasteiger partial charge in [-0.15, -0.1) is 0 Å². The van der Waals surface area contributed by atoms with Gasteiger partial charge < -0.3 is 15.6 Å². The zero-order valence-electron chi connectivity index (χ0n) is 10.4. The lowest BCUT2D eigenvalue weighted by atomic mass is 9.91. The van der Waals surface area contributed by atoms with Gasteiger partial charge in [-0.05, 0) is 25.5 Å². The first-order valence-corrected chi connectivity index (χ1v) is 5.47. The predicted octanol–water partition coefficient (Wildman–Crippen LogP) is 1.89. The third kappa shape index (κ3) is 2.65. The summed E-state index contributed by atoms with van der Waals surface area (Å²) in [7, 11) is 0. The van der Waals surface area contributed by atoms with E-state index in [1.165, 1.54) is 13.0 Å². The number of carbonyl (C=O) groups excluding carboxylic acids is 1. The Bertz CT molecular complexity index is 488. The second-order valence-corrected chi connectivity index (χ2v) is 4.00. The number of rotatable bonds is 3. The van der Waals surface area contributed by atoms with Crippen LogP contribution in [0.5, 0.6) is 0 Å². The monoisotopic (exact) mass is 277 g/mol. The molecule has 0 spiro atoms. The molecular weight excluding hydrogens is 263 g/mol.